The van der Waals surface area contributed by atoms with Crippen molar-refractivity contribution in [2.45, 2.75) is 86.7 Å². The smallest absolute Gasteiger partial charge is 0.351 e. The van der Waals surface area contributed by atoms with Crippen LogP contribution < -0.4 is 16.8 Å². The van der Waals surface area contributed by atoms with Crippen molar-refractivity contribution >= 4 is 18.1 Å². The molecule has 5 N–H and O–H groups in total. The van der Waals surface area contributed by atoms with Crippen molar-refractivity contribution in [1.29, 1.82) is 0 Å². The highest BCUT2D eigenvalue weighted by Gasteiger charge is 2.53. The third-order valence-electron chi connectivity index (χ3n) is 5.48. The van der Waals surface area contributed by atoms with Crippen LogP contribution in [0.15, 0.2) is 0 Å². The van der Waals surface area contributed by atoms with Crippen molar-refractivity contribution in [1.82, 2.24) is 20.0 Å². The molecule has 0 spiro atoms. The molecular weight excluding hydrogens is 604 g/mol. The van der Waals surface area contributed by atoms with Crippen LogP contribution >= 0.6 is 0 Å². The van der Waals surface area contributed by atoms with Gasteiger partial charge in [0.1, 0.15) is 0 Å². The molecule has 0 saturated carbocycles. The van der Waals surface area contributed by atoms with Gasteiger partial charge in [-0.15, -0.1) is 0 Å². The molecule has 0 saturated heterocycles. The summed E-state index contributed by atoms with van der Waals surface area (Å²) in [5, 5.41) is 2.49. The molecule has 2 atom stereocenters. The van der Waals surface area contributed by atoms with Crippen molar-refractivity contribution in [3.05, 3.63) is 0 Å². The third kappa shape index (κ3) is 11.3. The van der Waals surface area contributed by atoms with E-state index in [1.165, 1.54) is 14.2 Å². The summed E-state index contributed by atoms with van der Waals surface area (Å²) in [6.07, 6.45) is -9.49. The van der Waals surface area contributed by atoms with E-state index >= 15 is 0 Å². The van der Waals surface area contributed by atoms with Crippen LogP contribution in [0.25, 0.3) is 0 Å². The number of nitrogens with two attached hydrogens (primary N) is 2. The molecule has 19 heteroatoms. The number of hydrogen-bond acceptors (Lipinski definition) is 13. The molecule has 266 valence electrons. The quantitative estimate of drug-likeness (QED) is 0.118. The number of nitrogens with one attached hydrogen (secondary N) is 1. The van der Waals surface area contributed by atoms with E-state index in [1.54, 1.807) is 55.4 Å². The van der Waals surface area contributed by atoms with Gasteiger partial charge in [-0.05, 0) is 55.4 Å². The van der Waals surface area contributed by atoms with Crippen molar-refractivity contribution in [2.75, 3.05) is 67.1 Å². The molecule has 0 fully saturated rings. The molecule has 0 aliphatic heterocycles. The number of hydrogen-bond donors (Lipinski definition) is 3. The second kappa shape index (κ2) is 22.0. The lowest BCUT2D eigenvalue weighted by molar-refractivity contribution is -0.456. The minimum atomic E-state index is -2.26. The zero-order valence-corrected chi connectivity index (χ0v) is 28.2. The topological polar surface area (TPSA) is 217 Å². The Hall–Kier alpha value is -2.59. The maximum absolute atomic E-state index is 14.3. The molecule has 45 heavy (non-hydrogen) atoms. The zero-order valence-electron chi connectivity index (χ0n) is 28.2. The van der Waals surface area contributed by atoms with E-state index in [0.717, 1.165) is 4.90 Å². The van der Waals surface area contributed by atoms with Crippen LogP contribution in [0.5, 0.6) is 0 Å². The number of rotatable bonds is 25. The maximum Gasteiger partial charge on any atom is 0.384 e. The van der Waals surface area contributed by atoms with Crippen molar-refractivity contribution in [3.8, 4) is 0 Å². The first-order valence-corrected chi connectivity index (χ1v) is 14.8. The van der Waals surface area contributed by atoms with Crippen LogP contribution in [0.2, 0.25) is 0 Å². The zero-order chi connectivity index (χ0) is 34.6. The van der Waals surface area contributed by atoms with Crippen LogP contribution in [0.3, 0.4) is 0 Å². The monoisotopic (exact) mass is 658 g/mol. The molecular formula is C26H54N6O13. The minimum Gasteiger partial charge on any atom is -0.351 e. The molecule has 0 aromatic heterocycles. The van der Waals surface area contributed by atoms with E-state index in [0.29, 0.717) is 9.80 Å². The van der Waals surface area contributed by atoms with Crippen molar-refractivity contribution in [3.63, 3.8) is 0 Å². The normalized spacial score (nSPS) is 13.4. The standard InChI is InChI=1S/C26H54N6O13/c1-11-38-24(39-12-2)30(23(37-10)32(20(28)34)26(43-16-6,44-17-7)45-18-8)21(35)29-22(36-9)31(19(27)33)25(40-13-3,41-14-4)42-15-5/h22-24H,11-18H2,1-10H3,(H2,27,33)(H2,28,34)(H,29,35). The van der Waals surface area contributed by atoms with Gasteiger partial charge in [0.2, 0.25) is 19.1 Å². The summed E-state index contributed by atoms with van der Waals surface area (Å²) in [6.45, 7) is 13.1. The van der Waals surface area contributed by atoms with Crippen LogP contribution in [-0.4, -0.2) is 131 Å². The van der Waals surface area contributed by atoms with Gasteiger partial charge in [0.15, 0.2) is 0 Å². The average Bonchev–Trinajstić information content (AvgIpc) is 2.97. The first kappa shape index (κ1) is 42.4. The molecule has 6 amide bonds. The summed E-state index contributed by atoms with van der Waals surface area (Å²) in [5.74, 6) is 0. The Morgan fingerprint density at radius 3 is 1.22 bits per heavy atom. The molecule has 0 aliphatic carbocycles. The summed E-state index contributed by atoms with van der Waals surface area (Å²) in [7, 11) is 2.36. The number of urea groups is 3. The van der Waals surface area contributed by atoms with Gasteiger partial charge in [-0.3, -0.25) is 5.32 Å². The van der Waals surface area contributed by atoms with E-state index in [-0.39, 0.29) is 52.9 Å². The summed E-state index contributed by atoms with van der Waals surface area (Å²) < 4.78 is 56.9. The molecule has 0 rings (SSSR count). The molecule has 0 heterocycles. The molecule has 0 bridgehead atoms. The van der Waals surface area contributed by atoms with Crippen LogP contribution in [0.1, 0.15) is 55.4 Å². The second-order valence-electron chi connectivity index (χ2n) is 8.29. The number of primary amides is 2. The lowest BCUT2D eigenvalue weighted by Crippen LogP contribution is -2.72. The Kier molecular flexibility index (Phi) is 20.8. The average molecular weight is 659 g/mol. The van der Waals surface area contributed by atoms with E-state index in [1.807, 2.05) is 0 Å². The van der Waals surface area contributed by atoms with Gasteiger partial charge in [-0.1, -0.05) is 0 Å². The maximum atomic E-state index is 14.3. The van der Waals surface area contributed by atoms with Gasteiger partial charge in [0.25, 0.3) is 0 Å². The molecule has 0 aromatic carbocycles. The fourth-order valence-corrected chi connectivity index (χ4v) is 4.08. The summed E-state index contributed by atoms with van der Waals surface area (Å²) in [4.78, 5) is 42.5. The highest BCUT2D eigenvalue weighted by molar-refractivity contribution is 5.78. The van der Waals surface area contributed by atoms with Crippen LogP contribution in [0.4, 0.5) is 14.4 Å². The van der Waals surface area contributed by atoms with E-state index in [2.05, 4.69) is 5.32 Å². The predicted molar refractivity (Wildman–Crippen MR) is 157 cm³/mol. The van der Waals surface area contributed by atoms with Gasteiger partial charge < -0.3 is 58.8 Å². The second-order valence-corrected chi connectivity index (χ2v) is 8.29. The first-order valence-electron chi connectivity index (χ1n) is 14.8. The molecule has 0 radical (unpaired) electrons. The summed E-state index contributed by atoms with van der Waals surface area (Å²) >= 11 is 0. The van der Waals surface area contributed by atoms with E-state index in [9.17, 15) is 14.4 Å². The van der Waals surface area contributed by atoms with E-state index in [4.69, 9.17) is 58.8 Å². The number of methoxy groups -OCH3 is 2. The molecule has 0 aliphatic rings. The highest BCUT2D eigenvalue weighted by Crippen LogP contribution is 2.29. The van der Waals surface area contributed by atoms with Crippen LogP contribution in [0, 0.1) is 0 Å². The Balaban J connectivity index is 7.33. The largest absolute Gasteiger partial charge is 0.384 e. The molecule has 19 nitrogen and oxygen atoms in total. The number of amides is 6. The fourth-order valence-electron chi connectivity index (χ4n) is 4.08. The van der Waals surface area contributed by atoms with Gasteiger partial charge in [0.05, 0.1) is 39.6 Å². The molecule has 2 unspecified atom stereocenters. The minimum absolute atomic E-state index is 0.00469. The fraction of sp³-hybridized carbons (Fsp3) is 0.885. The Labute approximate surface area is 265 Å². The highest BCUT2D eigenvalue weighted by atomic mass is 16.9. The lowest BCUT2D eigenvalue weighted by Gasteiger charge is -2.47. The lowest BCUT2D eigenvalue weighted by atomic mass is 10.5. The Bertz CT molecular complexity index is 818. The third-order valence-corrected chi connectivity index (χ3v) is 5.48. The predicted octanol–water partition coefficient (Wildman–Crippen LogP) is 1.42. The number of carbonyl (C=O) groups is 3. The Morgan fingerprint density at radius 2 is 0.956 bits per heavy atom. The first-order chi connectivity index (χ1) is 21.4. The number of carbonyl (C=O) groups excluding carboxylic acids is 3. The van der Waals surface area contributed by atoms with E-state index < -0.39 is 49.4 Å². The van der Waals surface area contributed by atoms with Gasteiger partial charge in [-0.25, -0.2) is 29.1 Å². The van der Waals surface area contributed by atoms with Gasteiger partial charge in [0, 0.05) is 27.4 Å². The SMILES string of the molecule is CCOC(OCC)N(C(=O)NC(OC)N(C(N)=O)C(OCC)(OCC)OCC)C(OC)N(C(N)=O)C(OCC)(OCC)OCC. The number of nitrogens with zero attached hydrogens (tertiary/aromatic N) is 3. The van der Waals surface area contributed by atoms with Crippen molar-refractivity contribution < 1.29 is 61.8 Å². The van der Waals surface area contributed by atoms with Gasteiger partial charge >= 0.3 is 30.3 Å². The molecule has 0 aromatic rings. The van der Waals surface area contributed by atoms with Crippen molar-refractivity contribution in [2.24, 2.45) is 11.5 Å². The van der Waals surface area contributed by atoms with Crippen LogP contribution in [-0.2, 0) is 47.4 Å². The summed E-state index contributed by atoms with van der Waals surface area (Å²) in [5.41, 5.74) is 11.6. The Morgan fingerprint density at radius 1 is 0.600 bits per heavy atom. The number of ether oxygens (including phenoxy) is 10. The van der Waals surface area contributed by atoms with Gasteiger partial charge in [-0.2, -0.15) is 0 Å². The summed E-state index contributed by atoms with van der Waals surface area (Å²) in [6, 6.07) is -3.41.